The Labute approximate surface area is 120 Å². The van der Waals surface area contributed by atoms with E-state index >= 15 is 0 Å². The van der Waals surface area contributed by atoms with E-state index in [4.69, 9.17) is 4.74 Å². The van der Waals surface area contributed by atoms with Crippen LogP contribution in [-0.4, -0.2) is 54.6 Å². The molecule has 0 aromatic carbocycles. The van der Waals surface area contributed by atoms with Crippen molar-refractivity contribution in [3.63, 3.8) is 0 Å². The molecule has 0 radical (unpaired) electrons. The number of esters is 1. The van der Waals surface area contributed by atoms with Crippen LogP contribution in [-0.2, 0) is 15.1 Å². The molecule has 1 unspecified atom stereocenters. The highest BCUT2D eigenvalue weighted by Gasteiger charge is 2.39. The second-order valence-corrected chi connectivity index (χ2v) is 5.07. The Morgan fingerprint density at radius 1 is 1.40 bits per heavy atom. The standard InChI is InChI=1S/C14H24N4O2/c1-6-20-13(19)14(3,17-9-10-18(4)5)12-11(2)15-7-8-16-12/h7-8,17H,6,9-10H2,1-5H3. The fraction of sp³-hybridized carbons (Fsp3) is 0.643. The van der Waals surface area contributed by atoms with Gasteiger partial charge in [0, 0.05) is 25.5 Å². The maximum atomic E-state index is 12.3. The molecular formula is C14H24N4O2. The van der Waals surface area contributed by atoms with Crippen molar-refractivity contribution >= 4 is 5.97 Å². The molecule has 0 aliphatic carbocycles. The van der Waals surface area contributed by atoms with Gasteiger partial charge in [0.05, 0.1) is 18.0 Å². The monoisotopic (exact) mass is 280 g/mol. The van der Waals surface area contributed by atoms with E-state index < -0.39 is 5.54 Å². The van der Waals surface area contributed by atoms with E-state index in [1.807, 2.05) is 25.9 Å². The molecule has 0 aliphatic rings. The van der Waals surface area contributed by atoms with Gasteiger partial charge in [0.1, 0.15) is 0 Å². The van der Waals surface area contributed by atoms with Gasteiger partial charge < -0.3 is 9.64 Å². The second-order valence-electron chi connectivity index (χ2n) is 5.07. The van der Waals surface area contributed by atoms with Gasteiger partial charge in [0.2, 0.25) is 0 Å². The third kappa shape index (κ3) is 3.98. The highest BCUT2D eigenvalue weighted by atomic mass is 16.5. The van der Waals surface area contributed by atoms with Crippen LogP contribution < -0.4 is 5.32 Å². The first-order valence-electron chi connectivity index (χ1n) is 6.77. The van der Waals surface area contributed by atoms with Crippen LogP contribution in [0.4, 0.5) is 0 Å². The summed E-state index contributed by atoms with van der Waals surface area (Å²) in [5, 5.41) is 3.25. The van der Waals surface area contributed by atoms with Crippen LogP contribution in [0.3, 0.4) is 0 Å². The molecule has 0 fully saturated rings. The lowest BCUT2D eigenvalue weighted by Crippen LogP contribution is -2.50. The van der Waals surface area contributed by atoms with Crippen molar-refractivity contribution in [3.05, 3.63) is 23.8 Å². The van der Waals surface area contributed by atoms with Gasteiger partial charge in [-0.3, -0.25) is 15.3 Å². The van der Waals surface area contributed by atoms with Crippen LogP contribution in [0.2, 0.25) is 0 Å². The second kappa shape index (κ2) is 7.31. The average Bonchev–Trinajstić information content (AvgIpc) is 2.38. The highest BCUT2D eigenvalue weighted by molar-refractivity contribution is 5.81. The molecule has 1 heterocycles. The number of hydrogen-bond donors (Lipinski definition) is 1. The summed E-state index contributed by atoms with van der Waals surface area (Å²) >= 11 is 0. The van der Waals surface area contributed by atoms with Crippen LogP contribution in [0.25, 0.3) is 0 Å². The van der Waals surface area contributed by atoms with Crippen LogP contribution in [0.5, 0.6) is 0 Å². The predicted molar refractivity (Wildman–Crippen MR) is 77.3 cm³/mol. The molecule has 1 N–H and O–H groups in total. The summed E-state index contributed by atoms with van der Waals surface area (Å²) in [6.45, 7) is 7.22. The fourth-order valence-corrected chi connectivity index (χ4v) is 1.96. The summed E-state index contributed by atoms with van der Waals surface area (Å²) in [6.07, 6.45) is 3.21. The number of ether oxygens (including phenoxy) is 1. The first kappa shape index (κ1) is 16.5. The number of rotatable bonds is 7. The lowest BCUT2D eigenvalue weighted by Gasteiger charge is -2.29. The molecule has 0 aliphatic heterocycles. The molecule has 1 aromatic heterocycles. The number of nitrogens with one attached hydrogen (secondary N) is 1. The minimum Gasteiger partial charge on any atom is -0.464 e. The molecule has 112 valence electrons. The van der Waals surface area contributed by atoms with E-state index in [0.717, 1.165) is 12.2 Å². The molecule has 0 amide bonds. The number of aromatic nitrogens is 2. The van der Waals surface area contributed by atoms with E-state index in [1.165, 1.54) is 0 Å². The van der Waals surface area contributed by atoms with Crippen LogP contribution in [0.15, 0.2) is 12.4 Å². The Hall–Kier alpha value is -1.53. The van der Waals surface area contributed by atoms with Gasteiger partial charge in [0.15, 0.2) is 5.54 Å². The number of carbonyl (C=O) groups is 1. The Kier molecular flexibility index (Phi) is 6.04. The predicted octanol–water partition coefficient (Wildman–Crippen LogP) is 0.715. The molecule has 6 nitrogen and oxygen atoms in total. The van der Waals surface area contributed by atoms with E-state index in [2.05, 4.69) is 15.3 Å². The molecule has 1 aromatic rings. The third-order valence-corrected chi connectivity index (χ3v) is 3.08. The van der Waals surface area contributed by atoms with Gasteiger partial charge >= 0.3 is 5.97 Å². The number of nitrogens with zero attached hydrogens (tertiary/aromatic N) is 3. The topological polar surface area (TPSA) is 67.3 Å². The molecule has 0 saturated carbocycles. The Balaban J connectivity index is 3.01. The van der Waals surface area contributed by atoms with E-state index in [1.54, 1.807) is 26.2 Å². The SMILES string of the molecule is CCOC(=O)C(C)(NCCN(C)C)c1nccnc1C. The smallest absolute Gasteiger partial charge is 0.332 e. The van der Waals surface area contributed by atoms with Crippen molar-refractivity contribution in [2.75, 3.05) is 33.8 Å². The van der Waals surface area contributed by atoms with Gasteiger partial charge in [-0.1, -0.05) is 0 Å². The molecule has 0 saturated heterocycles. The van der Waals surface area contributed by atoms with Gasteiger partial charge in [-0.05, 0) is 34.9 Å². The van der Waals surface area contributed by atoms with Crippen molar-refractivity contribution < 1.29 is 9.53 Å². The van der Waals surface area contributed by atoms with Crippen molar-refractivity contribution in [2.24, 2.45) is 0 Å². The molecule has 0 bridgehead atoms. The lowest BCUT2D eigenvalue weighted by molar-refractivity contribution is -0.151. The normalized spacial score (nSPS) is 14.1. The zero-order valence-corrected chi connectivity index (χ0v) is 12.9. The lowest BCUT2D eigenvalue weighted by atomic mass is 9.95. The number of likely N-dealkylation sites (N-methyl/N-ethyl adjacent to an activating group) is 1. The van der Waals surface area contributed by atoms with Crippen LogP contribution >= 0.6 is 0 Å². The van der Waals surface area contributed by atoms with Crippen molar-refractivity contribution in [2.45, 2.75) is 26.3 Å². The maximum absolute atomic E-state index is 12.3. The van der Waals surface area contributed by atoms with Crippen molar-refractivity contribution in [1.82, 2.24) is 20.2 Å². The molecule has 20 heavy (non-hydrogen) atoms. The minimum atomic E-state index is -0.982. The summed E-state index contributed by atoms with van der Waals surface area (Å²) in [6, 6.07) is 0. The van der Waals surface area contributed by atoms with Gasteiger partial charge in [-0.25, -0.2) is 4.79 Å². The third-order valence-electron chi connectivity index (χ3n) is 3.08. The fourth-order valence-electron chi connectivity index (χ4n) is 1.96. The van der Waals surface area contributed by atoms with Crippen molar-refractivity contribution in [1.29, 1.82) is 0 Å². The minimum absolute atomic E-state index is 0.331. The summed E-state index contributed by atoms with van der Waals surface area (Å²) in [4.78, 5) is 22.9. The summed E-state index contributed by atoms with van der Waals surface area (Å²) in [7, 11) is 3.97. The van der Waals surface area contributed by atoms with E-state index in [-0.39, 0.29) is 5.97 Å². The number of carbonyl (C=O) groups excluding carboxylic acids is 1. The first-order chi connectivity index (χ1) is 9.41. The largest absolute Gasteiger partial charge is 0.464 e. The Morgan fingerprint density at radius 2 is 2.05 bits per heavy atom. The number of aryl methyl sites for hydroxylation is 1. The quantitative estimate of drug-likeness (QED) is 0.742. The Morgan fingerprint density at radius 3 is 2.60 bits per heavy atom. The molecule has 0 spiro atoms. The number of hydrogen-bond acceptors (Lipinski definition) is 6. The van der Waals surface area contributed by atoms with Crippen LogP contribution in [0, 0.1) is 6.92 Å². The average molecular weight is 280 g/mol. The van der Waals surface area contributed by atoms with Gasteiger partial charge in [-0.2, -0.15) is 0 Å². The molecule has 1 rings (SSSR count). The van der Waals surface area contributed by atoms with E-state index in [9.17, 15) is 4.79 Å². The Bertz CT molecular complexity index is 451. The molecular weight excluding hydrogens is 256 g/mol. The first-order valence-corrected chi connectivity index (χ1v) is 6.77. The summed E-state index contributed by atoms with van der Waals surface area (Å²) < 4.78 is 5.19. The zero-order valence-electron chi connectivity index (χ0n) is 12.9. The van der Waals surface area contributed by atoms with Crippen LogP contribution in [0.1, 0.15) is 25.2 Å². The van der Waals surface area contributed by atoms with E-state index in [0.29, 0.717) is 18.8 Å². The van der Waals surface area contributed by atoms with Gasteiger partial charge in [0.25, 0.3) is 0 Å². The highest BCUT2D eigenvalue weighted by Crippen LogP contribution is 2.22. The summed E-state index contributed by atoms with van der Waals surface area (Å²) in [5.41, 5.74) is 0.349. The maximum Gasteiger partial charge on any atom is 0.332 e. The zero-order chi connectivity index (χ0) is 15.2. The summed E-state index contributed by atoms with van der Waals surface area (Å²) in [5.74, 6) is -0.331. The van der Waals surface area contributed by atoms with Gasteiger partial charge in [-0.15, -0.1) is 0 Å². The molecule has 6 heteroatoms. The van der Waals surface area contributed by atoms with Crippen molar-refractivity contribution in [3.8, 4) is 0 Å². The molecule has 1 atom stereocenters.